The Morgan fingerprint density at radius 1 is 1.12 bits per heavy atom. The van der Waals surface area contributed by atoms with E-state index in [-0.39, 0.29) is 43.5 Å². The average Bonchev–Trinajstić information content (AvgIpc) is 3.37. The Kier molecular flexibility index (Phi) is 10.9. The molecule has 0 spiro atoms. The molecule has 2 fully saturated rings. The summed E-state index contributed by atoms with van der Waals surface area (Å²) in [7, 11) is -3.67. The molecule has 2 aliphatic heterocycles. The first-order valence-corrected chi connectivity index (χ1v) is 16.0. The Morgan fingerprint density at radius 3 is 2.58 bits per heavy atom. The summed E-state index contributed by atoms with van der Waals surface area (Å²) >= 11 is 0. The van der Waals surface area contributed by atoms with Gasteiger partial charge >= 0.3 is 0 Å². The molecule has 40 heavy (non-hydrogen) atoms. The number of rotatable bonds is 12. The molecule has 0 N–H and O–H groups in total. The van der Waals surface area contributed by atoms with Gasteiger partial charge in [0, 0.05) is 26.1 Å². The summed E-state index contributed by atoms with van der Waals surface area (Å²) in [4.78, 5) is 15.5. The molecule has 1 aromatic carbocycles. The molecule has 1 aromatic heterocycles. The number of allylic oxidation sites excluding steroid dienone is 1. The van der Waals surface area contributed by atoms with Crippen LogP contribution >= 0.6 is 0 Å². The number of carbonyl (C=O) groups is 1. The molecule has 0 radical (unpaired) electrons. The van der Waals surface area contributed by atoms with Gasteiger partial charge in [-0.15, -0.1) is 5.10 Å². The molecule has 220 valence electrons. The molecule has 1 unspecified atom stereocenters. The quantitative estimate of drug-likeness (QED) is 0.380. The van der Waals surface area contributed by atoms with E-state index in [1.807, 2.05) is 38.1 Å². The number of sulfonamides is 1. The first-order chi connectivity index (χ1) is 19.2. The lowest BCUT2D eigenvalue weighted by Gasteiger charge is -2.30. The van der Waals surface area contributed by atoms with Crippen LogP contribution in [0.1, 0.15) is 69.7 Å². The van der Waals surface area contributed by atoms with E-state index >= 15 is 0 Å². The van der Waals surface area contributed by atoms with Crippen LogP contribution in [0.5, 0.6) is 0 Å². The number of amides is 1. The molecule has 0 saturated carbocycles. The van der Waals surface area contributed by atoms with Crippen LogP contribution in [0.15, 0.2) is 36.5 Å². The van der Waals surface area contributed by atoms with E-state index < -0.39 is 16.1 Å². The number of hydrogen-bond donors (Lipinski definition) is 0. The highest BCUT2D eigenvalue weighted by molar-refractivity contribution is 7.89. The second kappa shape index (κ2) is 14.3. The van der Waals surface area contributed by atoms with Gasteiger partial charge < -0.3 is 14.4 Å². The van der Waals surface area contributed by atoms with Crippen LogP contribution in [-0.4, -0.2) is 76.4 Å². The summed E-state index contributed by atoms with van der Waals surface area (Å²) in [6, 6.07) is 7.11. The third-order valence-corrected chi connectivity index (χ3v) is 8.92. The van der Waals surface area contributed by atoms with Crippen LogP contribution in [0.3, 0.4) is 0 Å². The van der Waals surface area contributed by atoms with Crippen molar-refractivity contribution in [2.45, 2.75) is 84.8 Å². The molecule has 1 atom stereocenters. The fourth-order valence-electron chi connectivity index (χ4n) is 4.97. The first-order valence-electron chi connectivity index (χ1n) is 14.4. The lowest BCUT2D eigenvalue weighted by Crippen LogP contribution is -2.47. The van der Waals surface area contributed by atoms with Crippen molar-refractivity contribution >= 4 is 22.0 Å². The van der Waals surface area contributed by atoms with E-state index in [9.17, 15) is 13.2 Å². The number of aryl methyl sites for hydroxylation is 1. The van der Waals surface area contributed by atoms with Crippen LogP contribution in [0.4, 0.5) is 0 Å². The highest BCUT2D eigenvalue weighted by Gasteiger charge is 2.41. The zero-order valence-corrected chi connectivity index (χ0v) is 24.8. The van der Waals surface area contributed by atoms with Gasteiger partial charge in [-0.25, -0.2) is 8.42 Å². The van der Waals surface area contributed by atoms with Gasteiger partial charge in [0.2, 0.25) is 15.9 Å². The van der Waals surface area contributed by atoms with Crippen LogP contribution in [-0.2, 0) is 43.9 Å². The number of nitrogens with zero attached hydrogens (tertiary/aromatic N) is 5. The molecule has 11 heteroatoms. The number of hydrogen-bond acceptors (Lipinski definition) is 7. The van der Waals surface area contributed by atoms with Gasteiger partial charge in [-0.3, -0.25) is 9.48 Å². The van der Waals surface area contributed by atoms with E-state index in [4.69, 9.17) is 9.47 Å². The summed E-state index contributed by atoms with van der Waals surface area (Å²) in [6.07, 6.45) is 9.90. The van der Waals surface area contributed by atoms with Gasteiger partial charge in [0.25, 0.3) is 0 Å². The molecule has 4 rings (SSSR count). The van der Waals surface area contributed by atoms with E-state index in [0.29, 0.717) is 38.3 Å². The summed E-state index contributed by atoms with van der Waals surface area (Å²) < 4.78 is 41.3. The zero-order valence-electron chi connectivity index (χ0n) is 23.9. The molecule has 0 aliphatic carbocycles. The van der Waals surface area contributed by atoms with Gasteiger partial charge in [0.1, 0.15) is 11.7 Å². The molecule has 1 amide bonds. The molecular weight excluding hydrogens is 530 g/mol. The van der Waals surface area contributed by atoms with Crippen molar-refractivity contribution in [1.82, 2.24) is 24.2 Å². The van der Waals surface area contributed by atoms with Crippen molar-refractivity contribution in [3.05, 3.63) is 53.4 Å². The van der Waals surface area contributed by atoms with Crippen LogP contribution in [0.2, 0.25) is 0 Å². The monoisotopic (exact) mass is 573 g/mol. The molecule has 2 aromatic rings. The maximum atomic E-state index is 13.8. The van der Waals surface area contributed by atoms with E-state index in [1.54, 1.807) is 15.8 Å². The van der Waals surface area contributed by atoms with Crippen molar-refractivity contribution < 1.29 is 22.7 Å². The maximum Gasteiger partial charge on any atom is 0.241 e. The highest BCUT2D eigenvalue weighted by atomic mass is 32.2. The zero-order chi connectivity index (χ0) is 28.5. The van der Waals surface area contributed by atoms with Gasteiger partial charge in [0.15, 0.2) is 6.29 Å². The number of aromatic nitrogens is 3. The Balaban J connectivity index is 1.46. The van der Waals surface area contributed by atoms with Crippen molar-refractivity contribution in [1.29, 1.82) is 0 Å². The number of unbranched alkanes of at least 4 members (excludes halogenated alkanes) is 1. The lowest BCUT2D eigenvalue weighted by molar-refractivity contribution is -0.182. The third kappa shape index (κ3) is 8.45. The fraction of sp³-hybridized carbons (Fsp3) is 0.621. The normalized spacial score (nSPS) is 20.9. The Morgan fingerprint density at radius 2 is 1.88 bits per heavy atom. The van der Waals surface area contributed by atoms with Gasteiger partial charge in [-0.2, -0.15) is 4.31 Å². The summed E-state index contributed by atoms with van der Waals surface area (Å²) in [5, 5.41) is 8.45. The Hall–Kier alpha value is -2.60. The Bertz CT molecular complexity index is 1220. The second-order valence-electron chi connectivity index (χ2n) is 11.0. The summed E-state index contributed by atoms with van der Waals surface area (Å²) in [5.74, 6) is -0.175. The lowest BCUT2D eigenvalue weighted by atomic mass is 10.0. The molecule has 2 saturated heterocycles. The van der Waals surface area contributed by atoms with E-state index in [2.05, 4.69) is 29.4 Å². The number of benzene rings is 1. The minimum absolute atomic E-state index is 0.115. The second-order valence-corrected chi connectivity index (χ2v) is 13.0. The van der Waals surface area contributed by atoms with Crippen LogP contribution in [0.25, 0.3) is 6.08 Å². The van der Waals surface area contributed by atoms with Crippen molar-refractivity contribution in [2.24, 2.45) is 5.92 Å². The predicted octanol–water partition coefficient (Wildman–Crippen LogP) is 3.83. The van der Waals surface area contributed by atoms with Crippen molar-refractivity contribution in [3.8, 4) is 0 Å². The van der Waals surface area contributed by atoms with E-state index in [0.717, 1.165) is 30.4 Å². The summed E-state index contributed by atoms with van der Waals surface area (Å²) in [6.45, 7) is 8.63. The van der Waals surface area contributed by atoms with Crippen LogP contribution in [0, 0.1) is 5.92 Å². The number of ether oxygens (including phenoxy) is 2. The van der Waals surface area contributed by atoms with Crippen molar-refractivity contribution in [3.63, 3.8) is 0 Å². The first kappa shape index (κ1) is 30.4. The molecular formula is C29H43N5O5S. The SMILES string of the molecule is CCC/C=C/c1ccc(CN2C(CC(C)C)C(=O)N(Cc3cn(CCC4OCCCO4)nn3)CCS2(=O)=O)cc1. The van der Waals surface area contributed by atoms with Gasteiger partial charge in [0.05, 0.1) is 31.7 Å². The average molecular weight is 574 g/mol. The summed E-state index contributed by atoms with van der Waals surface area (Å²) in [5.41, 5.74) is 2.56. The predicted molar refractivity (Wildman–Crippen MR) is 153 cm³/mol. The van der Waals surface area contributed by atoms with Gasteiger partial charge in [-0.05, 0) is 36.3 Å². The minimum Gasteiger partial charge on any atom is -0.353 e. The largest absolute Gasteiger partial charge is 0.353 e. The number of carbonyl (C=O) groups excluding carboxylic acids is 1. The standard InChI is InChI=1S/C29H43N5O5S/c1-4-5-6-8-24-9-11-25(12-10-24)20-34-27(19-23(2)3)29(35)32(15-18-40(34,36)37)21-26-22-33(31-30-26)14-13-28-38-16-7-17-39-28/h6,8-12,22-23,27-28H,4-5,7,13-21H2,1-3H3/b8-6+. The minimum atomic E-state index is -3.67. The van der Waals surface area contributed by atoms with Crippen LogP contribution < -0.4 is 0 Å². The highest BCUT2D eigenvalue weighted by Crippen LogP contribution is 2.25. The molecule has 3 heterocycles. The maximum absolute atomic E-state index is 13.8. The molecule has 2 aliphatic rings. The third-order valence-electron chi connectivity index (χ3n) is 7.13. The molecule has 0 bridgehead atoms. The van der Waals surface area contributed by atoms with Crippen molar-refractivity contribution in [2.75, 3.05) is 25.5 Å². The van der Waals surface area contributed by atoms with E-state index in [1.165, 1.54) is 4.31 Å². The fourth-order valence-corrected chi connectivity index (χ4v) is 6.56. The molecule has 10 nitrogen and oxygen atoms in total. The topological polar surface area (TPSA) is 107 Å². The smallest absolute Gasteiger partial charge is 0.241 e. The van der Waals surface area contributed by atoms with Gasteiger partial charge in [-0.1, -0.05) is 68.8 Å². The Labute approximate surface area is 238 Å².